The fourth-order valence-electron chi connectivity index (χ4n) is 1.43. The first-order chi connectivity index (χ1) is 7.45. The molecule has 3 nitrogen and oxygen atoms in total. The highest BCUT2D eigenvalue weighted by Crippen LogP contribution is 2.18. The van der Waals surface area contributed by atoms with Gasteiger partial charge in [-0.05, 0) is 30.5 Å². The summed E-state index contributed by atoms with van der Waals surface area (Å²) in [6, 6.07) is 6.66. The van der Waals surface area contributed by atoms with Crippen molar-refractivity contribution in [2.24, 2.45) is 5.73 Å². The minimum absolute atomic E-state index is 0. The molecule has 2 N–H and O–H groups in total. The number of rotatable bonds is 5. The summed E-state index contributed by atoms with van der Waals surface area (Å²) in [6.07, 6.45) is 4.70. The van der Waals surface area contributed by atoms with Crippen LogP contribution in [0.25, 0.3) is 0 Å². The number of allylic oxidation sites excluding steroid dienone is 1. The predicted octanol–water partition coefficient (Wildman–Crippen LogP) is 2.48. The van der Waals surface area contributed by atoms with E-state index >= 15 is 0 Å². The second-order valence-corrected chi connectivity index (χ2v) is 5.83. The zero-order valence-electron chi connectivity index (χ0n) is 9.80. The quantitative estimate of drug-likeness (QED) is 0.840. The number of nitrogens with two attached hydrogens (primary N) is 1. The number of hydrogen-bond donors (Lipinski definition) is 1. The molecule has 0 amide bonds. The highest BCUT2D eigenvalue weighted by Gasteiger charge is 2.09. The molecule has 0 spiro atoms. The van der Waals surface area contributed by atoms with E-state index in [0.717, 1.165) is 18.4 Å². The van der Waals surface area contributed by atoms with Gasteiger partial charge in [-0.25, -0.2) is 8.42 Å². The molecule has 0 saturated carbocycles. The summed E-state index contributed by atoms with van der Waals surface area (Å²) < 4.78 is 22.5. The van der Waals surface area contributed by atoms with E-state index in [-0.39, 0.29) is 18.4 Å². The number of benzene rings is 1. The third-order valence-electron chi connectivity index (χ3n) is 2.42. The average molecular weight is 276 g/mol. The van der Waals surface area contributed by atoms with E-state index in [4.69, 9.17) is 5.73 Å². The van der Waals surface area contributed by atoms with Crippen LogP contribution in [0.4, 0.5) is 0 Å². The summed E-state index contributed by atoms with van der Waals surface area (Å²) in [7, 11) is -3.12. The molecule has 0 aliphatic carbocycles. The van der Waals surface area contributed by atoms with Crippen molar-refractivity contribution in [1.82, 2.24) is 0 Å². The van der Waals surface area contributed by atoms with E-state index in [9.17, 15) is 8.42 Å². The number of sulfone groups is 1. The van der Waals surface area contributed by atoms with Crippen molar-refractivity contribution >= 4 is 22.2 Å². The maximum atomic E-state index is 11.2. The Bertz CT molecular complexity index is 454. The van der Waals surface area contributed by atoms with Crippen molar-refractivity contribution in [2.45, 2.75) is 23.8 Å². The molecule has 0 bridgehead atoms. The normalized spacial score (nSPS) is 12.6. The Morgan fingerprint density at radius 2 is 1.88 bits per heavy atom. The summed E-state index contributed by atoms with van der Waals surface area (Å²) in [6.45, 7) is 3.64. The van der Waals surface area contributed by atoms with Gasteiger partial charge in [0.25, 0.3) is 0 Å². The van der Waals surface area contributed by atoms with Gasteiger partial charge in [0.05, 0.1) is 4.90 Å². The Kier molecular flexibility index (Phi) is 6.45. The summed E-state index contributed by atoms with van der Waals surface area (Å²) >= 11 is 0. The number of halogens is 1. The summed E-state index contributed by atoms with van der Waals surface area (Å²) in [5.41, 5.74) is 6.90. The third-order valence-corrected chi connectivity index (χ3v) is 3.55. The highest BCUT2D eigenvalue weighted by atomic mass is 35.5. The van der Waals surface area contributed by atoms with Crippen LogP contribution in [0.3, 0.4) is 0 Å². The van der Waals surface area contributed by atoms with Crippen LogP contribution in [0.2, 0.25) is 0 Å². The summed E-state index contributed by atoms with van der Waals surface area (Å²) in [5, 5.41) is 0. The van der Waals surface area contributed by atoms with E-state index in [2.05, 4.69) is 6.58 Å². The van der Waals surface area contributed by atoms with Crippen LogP contribution >= 0.6 is 12.4 Å². The molecule has 5 heteroatoms. The van der Waals surface area contributed by atoms with Crippen molar-refractivity contribution in [3.05, 3.63) is 42.5 Å². The Hall–Kier alpha value is -0.840. The first kappa shape index (κ1) is 16.2. The van der Waals surface area contributed by atoms with Gasteiger partial charge in [0.2, 0.25) is 0 Å². The first-order valence-electron chi connectivity index (χ1n) is 5.11. The summed E-state index contributed by atoms with van der Waals surface area (Å²) in [4.78, 5) is 0.326. The van der Waals surface area contributed by atoms with Crippen LogP contribution in [-0.2, 0) is 9.84 Å². The molecule has 0 aromatic heterocycles. The zero-order chi connectivity index (χ0) is 12.2. The molecule has 0 aliphatic heterocycles. The predicted molar refractivity (Wildman–Crippen MR) is 73.2 cm³/mol. The second-order valence-electron chi connectivity index (χ2n) is 3.81. The highest BCUT2D eigenvalue weighted by molar-refractivity contribution is 7.90. The van der Waals surface area contributed by atoms with Gasteiger partial charge in [-0.2, -0.15) is 0 Å². The van der Waals surface area contributed by atoms with Gasteiger partial charge in [-0.15, -0.1) is 19.0 Å². The minimum atomic E-state index is -3.12. The largest absolute Gasteiger partial charge is 0.324 e. The van der Waals surface area contributed by atoms with Crippen molar-refractivity contribution in [1.29, 1.82) is 0 Å². The fraction of sp³-hybridized carbons (Fsp3) is 0.333. The van der Waals surface area contributed by atoms with Crippen molar-refractivity contribution < 1.29 is 8.42 Å². The molecule has 0 fully saturated rings. The Morgan fingerprint density at radius 1 is 1.35 bits per heavy atom. The first-order valence-corrected chi connectivity index (χ1v) is 7.01. The van der Waals surface area contributed by atoms with Crippen LogP contribution < -0.4 is 5.73 Å². The lowest BCUT2D eigenvalue weighted by Gasteiger charge is -2.10. The minimum Gasteiger partial charge on any atom is -0.324 e. The van der Waals surface area contributed by atoms with E-state index < -0.39 is 9.84 Å². The van der Waals surface area contributed by atoms with E-state index in [1.54, 1.807) is 24.3 Å². The van der Waals surface area contributed by atoms with Gasteiger partial charge in [-0.1, -0.05) is 18.2 Å². The van der Waals surface area contributed by atoms with Gasteiger partial charge in [0, 0.05) is 12.3 Å². The lowest BCUT2D eigenvalue weighted by molar-refractivity contribution is 0.601. The molecule has 1 atom stereocenters. The van der Waals surface area contributed by atoms with Crippen molar-refractivity contribution in [2.75, 3.05) is 6.26 Å². The molecule has 0 aliphatic rings. The second kappa shape index (κ2) is 6.79. The van der Waals surface area contributed by atoms with Crippen LogP contribution in [-0.4, -0.2) is 14.7 Å². The van der Waals surface area contributed by atoms with Crippen LogP contribution in [0.1, 0.15) is 24.4 Å². The van der Waals surface area contributed by atoms with Crippen LogP contribution in [0, 0.1) is 0 Å². The lowest BCUT2D eigenvalue weighted by Crippen LogP contribution is -2.10. The Balaban J connectivity index is 0.00000256. The lowest BCUT2D eigenvalue weighted by atomic mass is 10.0. The van der Waals surface area contributed by atoms with Crippen LogP contribution in [0.5, 0.6) is 0 Å². The molecule has 0 radical (unpaired) electrons. The van der Waals surface area contributed by atoms with E-state index in [0.29, 0.717) is 4.90 Å². The Morgan fingerprint density at radius 3 is 2.29 bits per heavy atom. The van der Waals surface area contributed by atoms with Gasteiger partial charge in [-0.3, -0.25) is 0 Å². The van der Waals surface area contributed by atoms with E-state index in [1.807, 2.05) is 6.08 Å². The molecule has 0 heterocycles. The van der Waals surface area contributed by atoms with Gasteiger partial charge < -0.3 is 5.73 Å². The topological polar surface area (TPSA) is 60.2 Å². The zero-order valence-corrected chi connectivity index (χ0v) is 11.4. The maximum absolute atomic E-state index is 11.2. The molecular formula is C12H18ClNO2S. The molecule has 96 valence electrons. The molecule has 0 unspecified atom stereocenters. The standard InChI is InChI=1S/C12H17NO2S.ClH/c1-3-4-5-12(13)10-6-8-11(9-7-10)16(2,14)15;/h3,6-9,12H,1,4-5,13H2,2H3;1H/t12-;/m0./s1. The van der Waals surface area contributed by atoms with Crippen molar-refractivity contribution in [3.8, 4) is 0 Å². The molecule has 17 heavy (non-hydrogen) atoms. The number of hydrogen-bond acceptors (Lipinski definition) is 3. The monoisotopic (exact) mass is 275 g/mol. The average Bonchev–Trinajstić information content (AvgIpc) is 2.25. The molecule has 1 aromatic rings. The van der Waals surface area contributed by atoms with E-state index in [1.165, 1.54) is 6.26 Å². The molecular weight excluding hydrogens is 258 g/mol. The Labute approximate surface area is 109 Å². The SMILES string of the molecule is C=CCC[C@H](N)c1ccc(S(C)(=O)=O)cc1.Cl. The van der Waals surface area contributed by atoms with Crippen molar-refractivity contribution in [3.63, 3.8) is 0 Å². The van der Waals surface area contributed by atoms with Gasteiger partial charge in [0.1, 0.15) is 0 Å². The molecule has 1 rings (SSSR count). The van der Waals surface area contributed by atoms with Gasteiger partial charge >= 0.3 is 0 Å². The maximum Gasteiger partial charge on any atom is 0.175 e. The smallest absolute Gasteiger partial charge is 0.175 e. The van der Waals surface area contributed by atoms with Gasteiger partial charge in [0.15, 0.2) is 9.84 Å². The third kappa shape index (κ3) is 4.89. The van der Waals surface area contributed by atoms with Crippen LogP contribution in [0.15, 0.2) is 41.8 Å². The summed E-state index contributed by atoms with van der Waals surface area (Å²) in [5.74, 6) is 0. The molecule has 0 saturated heterocycles. The molecule has 1 aromatic carbocycles. The fourth-order valence-corrected chi connectivity index (χ4v) is 2.06.